The van der Waals surface area contributed by atoms with E-state index in [0.717, 1.165) is 10.2 Å². The Bertz CT molecular complexity index is 860. The van der Waals surface area contributed by atoms with Crippen LogP contribution in [0.4, 0.5) is 5.69 Å². The summed E-state index contributed by atoms with van der Waals surface area (Å²) >= 11 is 0. The predicted octanol–water partition coefficient (Wildman–Crippen LogP) is 0.648. The molecule has 26 heavy (non-hydrogen) atoms. The summed E-state index contributed by atoms with van der Waals surface area (Å²) in [6.07, 6.45) is 1.49. The molecule has 1 amide bonds. The van der Waals surface area contributed by atoms with Crippen LogP contribution in [-0.2, 0) is 20.9 Å². The molecule has 1 heterocycles. The van der Waals surface area contributed by atoms with Crippen molar-refractivity contribution in [3.8, 4) is 0 Å². The van der Waals surface area contributed by atoms with Crippen molar-refractivity contribution in [1.82, 2.24) is 15.1 Å². The number of aromatic nitrogens is 2. The van der Waals surface area contributed by atoms with Crippen molar-refractivity contribution in [2.24, 2.45) is 0 Å². The lowest BCUT2D eigenvalue weighted by molar-refractivity contribution is -0.145. The number of carbonyl (C=O) groups is 2. The highest BCUT2D eigenvalue weighted by Crippen LogP contribution is 2.16. The highest BCUT2D eigenvalue weighted by atomic mass is 16.5. The van der Waals surface area contributed by atoms with Gasteiger partial charge < -0.3 is 15.0 Å². The van der Waals surface area contributed by atoms with Crippen LogP contribution in [0.5, 0.6) is 0 Å². The number of hydrogen-bond acceptors (Lipinski definition) is 6. The molecule has 1 aromatic carbocycles. The molecule has 0 aliphatic heterocycles. The maximum absolute atomic E-state index is 12.3. The zero-order valence-corrected chi connectivity index (χ0v) is 15.2. The zero-order valence-electron chi connectivity index (χ0n) is 15.2. The van der Waals surface area contributed by atoms with Crippen molar-refractivity contribution >= 4 is 17.6 Å². The van der Waals surface area contributed by atoms with E-state index in [9.17, 15) is 14.4 Å². The van der Waals surface area contributed by atoms with Crippen molar-refractivity contribution in [1.29, 1.82) is 0 Å². The molecule has 0 aliphatic rings. The molecule has 0 saturated carbocycles. The third-order valence-corrected chi connectivity index (χ3v) is 3.78. The van der Waals surface area contributed by atoms with Gasteiger partial charge in [0.25, 0.3) is 5.56 Å². The second-order valence-electron chi connectivity index (χ2n) is 6.04. The van der Waals surface area contributed by atoms with Gasteiger partial charge in [0.1, 0.15) is 6.54 Å². The monoisotopic (exact) mass is 358 g/mol. The van der Waals surface area contributed by atoms with E-state index in [0.29, 0.717) is 11.3 Å². The van der Waals surface area contributed by atoms with Gasteiger partial charge in [0.2, 0.25) is 5.91 Å². The van der Waals surface area contributed by atoms with Crippen molar-refractivity contribution in [2.45, 2.75) is 19.5 Å². The van der Waals surface area contributed by atoms with Crippen LogP contribution in [0.25, 0.3) is 0 Å². The average Bonchev–Trinajstić information content (AvgIpc) is 2.60. The van der Waals surface area contributed by atoms with Gasteiger partial charge in [0.05, 0.1) is 19.0 Å². The van der Waals surface area contributed by atoms with Crippen LogP contribution in [0.3, 0.4) is 0 Å². The fourth-order valence-electron chi connectivity index (χ4n) is 2.38. The number of anilines is 1. The fourth-order valence-corrected chi connectivity index (χ4v) is 2.38. The standard InChI is InChI=1S/C18H22N4O4/c1-12-6-5-7-13(8-12)17(18(25)26-4)20-15(23)11-22-16(24)9-14(10-19-22)21(2)3/h5-10,17H,11H2,1-4H3,(H,20,23)/t17-/m0/s1. The minimum atomic E-state index is -0.954. The van der Waals surface area contributed by atoms with Gasteiger partial charge in [-0.25, -0.2) is 9.48 Å². The number of hydrogen-bond donors (Lipinski definition) is 1. The van der Waals surface area contributed by atoms with Crippen molar-refractivity contribution < 1.29 is 14.3 Å². The van der Waals surface area contributed by atoms with E-state index in [2.05, 4.69) is 10.4 Å². The fraction of sp³-hybridized carbons (Fsp3) is 0.333. The first-order chi connectivity index (χ1) is 12.3. The molecule has 138 valence electrons. The Kier molecular flexibility index (Phi) is 6.11. The summed E-state index contributed by atoms with van der Waals surface area (Å²) in [5, 5.41) is 6.58. The summed E-state index contributed by atoms with van der Waals surface area (Å²) in [6.45, 7) is 1.58. The van der Waals surface area contributed by atoms with Gasteiger partial charge in [-0.05, 0) is 12.5 Å². The van der Waals surface area contributed by atoms with Gasteiger partial charge >= 0.3 is 5.97 Å². The van der Waals surface area contributed by atoms with Crippen LogP contribution in [0.15, 0.2) is 41.3 Å². The van der Waals surface area contributed by atoms with Crippen LogP contribution >= 0.6 is 0 Å². The summed E-state index contributed by atoms with van der Waals surface area (Å²) in [5.41, 5.74) is 1.78. The smallest absolute Gasteiger partial charge is 0.333 e. The molecule has 0 bridgehead atoms. The largest absolute Gasteiger partial charge is 0.467 e. The van der Waals surface area contributed by atoms with E-state index in [4.69, 9.17) is 4.74 Å². The number of nitrogens with zero attached hydrogens (tertiary/aromatic N) is 3. The average molecular weight is 358 g/mol. The van der Waals surface area contributed by atoms with Gasteiger partial charge in [-0.2, -0.15) is 5.10 Å². The van der Waals surface area contributed by atoms with Crippen molar-refractivity contribution in [3.63, 3.8) is 0 Å². The van der Waals surface area contributed by atoms with E-state index in [1.807, 2.05) is 13.0 Å². The van der Waals surface area contributed by atoms with Crippen LogP contribution in [0.1, 0.15) is 17.2 Å². The van der Waals surface area contributed by atoms with E-state index in [1.165, 1.54) is 19.4 Å². The Labute approximate surface area is 151 Å². The number of rotatable bonds is 6. The van der Waals surface area contributed by atoms with Crippen LogP contribution < -0.4 is 15.8 Å². The lowest BCUT2D eigenvalue weighted by atomic mass is 10.0. The van der Waals surface area contributed by atoms with Crippen LogP contribution in [-0.4, -0.2) is 42.9 Å². The summed E-state index contributed by atoms with van der Waals surface area (Å²) in [5.74, 6) is -1.11. The van der Waals surface area contributed by atoms with Gasteiger partial charge in [0, 0.05) is 20.2 Å². The lowest BCUT2D eigenvalue weighted by Gasteiger charge is -2.18. The number of nitrogens with one attached hydrogen (secondary N) is 1. The molecule has 0 unspecified atom stereocenters. The quantitative estimate of drug-likeness (QED) is 0.762. The molecule has 8 heteroatoms. The molecular weight excluding hydrogens is 336 g/mol. The highest BCUT2D eigenvalue weighted by Gasteiger charge is 2.24. The van der Waals surface area contributed by atoms with E-state index in [1.54, 1.807) is 37.2 Å². The zero-order chi connectivity index (χ0) is 19.3. The highest BCUT2D eigenvalue weighted by molar-refractivity contribution is 5.85. The molecule has 0 saturated heterocycles. The van der Waals surface area contributed by atoms with E-state index >= 15 is 0 Å². The van der Waals surface area contributed by atoms with E-state index < -0.39 is 23.5 Å². The maximum atomic E-state index is 12.3. The summed E-state index contributed by atoms with van der Waals surface area (Å²) in [7, 11) is 4.83. The Hall–Kier alpha value is -3.16. The predicted molar refractivity (Wildman–Crippen MR) is 96.9 cm³/mol. The molecule has 0 aliphatic carbocycles. The first kappa shape index (κ1) is 19.2. The van der Waals surface area contributed by atoms with Crippen molar-refractivity contribution in [2.75, 3.05) is 26.1 Å². The molecule has 1 N–H and O–H groups in total. The molecule has 2 aromatic rings. The minimum Gasteiger partial charge on any atom is -0.467 e. The third kappa shape index (κ3) is 4.69. The first-order valence-electron chi connectivity index (χ1n) is 8.00. The summed E-state index contributed by atoms with van der Waals surface area (Å²) < 4.78 is 5.81. The number of esters is 1. The lowest BCUT2D eigenvalue weighted by Crippen LogP contribution is -2.39. The molecule has 8 nitrogen and oxygen atoms in total. The number of aryl methyl sites for hydroxylation is 1. The minimum absolute atomic E-state index is 0.300. The molecule has 1 aromatic heterocycles. The Morgan fingerprint density at radius 3 is 2.62 bits per heavy atom. The summed E-state index contributed by atoms with van der Waals surface area (Å²) in [4.78, 5) is 38.2. The molecule has 0 fully saturated rings. The van der Waals surface area contributed by atoms with E-state index in [-0.39, 0.29) is 6.54 Å². The van der Waals surface area contributed by atoms with Gasteiger partial charge in [-0.15, -0.1) is 0 Å². The topological polar surface area (TPSA) is 93.5 Å². The first-order valence-corrected chi connectivity index (χ1v) is 8.00. The van der Waals surface area contributed by atoms with Crippen LogP contribution in [0.2, 0.25) is 0 Å². The molecule has 1 atom stereocenters. The summed E-state index contributed by atoms with van der Waals surface area (Å²) in [6, 6.07) is 7.63. The van der Waals surface area contributed by atoms with Crippen molar-refractivity contribution in [3.05, 3.63) is 58.0 Å². The number of benzene rings is 1. The molecule has 0 spiro atoms. The van der Waals surface area contributed by atoms with Gasteiger partial charge in [0.15, 0.2) is 6.04 Å². The number of methoxy groups -OCH3 is 1. The molecule has 0 radical (unpaired) electrons. The Morgan fingerprint density at radius 2 is 2.04 bits per heavy atom. The maximum Gasteiger partial charge on any atom is 0.333 e. The number of carbonyl (C=O) groups excluding carboxylic acids is 2. The molecule has 2 rings (SSSR count). The SMILES string of the molecule is COC(=O)[C@@H](NC(=O)Cn1ncc(N(C)C)cc1=O)c1cccc(C)c1. The van der Waals surface area contributed by atoms with Gasteiger partial charge in [-0.3, -0.25) is 9.59 Å². The number of ether oxygens (including phenoxy) is 1. The normalized spacial score (nSPS) is 11.5. The van der Waals surface area contributed by atoms with Gasteiger partial charge in [-0.1, -0.05) is 29.8 Å². The second-order valence-corrected chi connectivity index (χ2v) is 6.04. The second kappa shape index (κ2) is 8.28. The van der Waals surface area contributed by atoms with Crippen LogP contribution in [0, 0.1) is 6.92 Å². The molecular formula is C18H22N4O4. The number of amides is 1. The Morgan fingerprint density at radius 1 is 1.31 bits per heavy atom. The third-order valence-electron chi connectivity index (χ3n) is 3.78. The Balaban J connectivity index is 2.17.